The lowest BCUT2D eigenvalue weighted by Crippen LogP contribution is -2.25. The number of rotatable bonds is 3. The van der Waals surface area contributed by atoms with Gasteiger partial charge in [-0.3, -0.25) is 4.98 Å². The number of nitrogens with zero attached hydrogens (tertiary/aromatic N) is 2. The molecular formula is C15H16N2O4. The molecule has 0 bridgehead atoms. The van der Waals surface area contributed by atoms with Crippen molar-refractivity contribution in [1.82, 2.24) is 9.88 Å². The fourth-order valence-electron chi connectivity index (χ4n) is 1.68. The van der Waals surface area contributed by atoms with Crippen molar-refractivity contribution < 1.29 is 19.1 Å². The van der Waals surface area contributed by atoms with E-state index in [2.05, 4.69) is 4.98 Å². The second-order valence-corrected chi connectivity index (χ2v) is 4.56. The number of carbonyl (C=O) groups is 2. The summed E-state index contributed by atoms with van der Waals surface area (Å²) in [5, 5.41) is 0.769. The number of hydrogen-bond acceptors (Lipinski definition) is 5. The van der Waals surface area contributed by atoms with E-state index in [0.29, 0.717) is 23.4 Å². The Morgan fingerprint density at radius 1 is 1.24 bits per heavy atom. The Hall–Kier alpha value is -2.63. The molecule has 1 aromatic heterocycles. The van der Waals surface area contributed by atoms with Gasteiger partial charge in [-0.2, -0.15) is 0 Å². The van der Waals surface area contributed by atoms with Crippen LogP contribution in [0.4, 0.5) is 4.79 Å². The Morgan fingerprint density at radius 2 is 2.00 bits per heavy atom. The van der Waals surface area contributed by atoms with Crippen molar-refractivity contribution in [3.05, 3.63) is 36.0 Å². The van der Waals surface area contributed by atoms with Crippen molar-refractivity contribution in [2.75, 3.05) is 20.7 Å². The molecule has 6 heteroatoms. The molecule has 2 rings (SSSR count). The van der Waals surface area contributed by atoms with Gasteiger partial charge in [-0.1, -0.05) is 0 Å². The summed E-state index contributed by atoms with van der Waals surface area (Å²) < 4.78 is 10.1. The highest BCUT2D eigenvalue weighted by Crippen LogP contribution is 2.21. The van der Waals surface area contributed by atoms with Crippen LogP contribution in [0.15, 0.2) is 30.5 Å². The van der Waals surface area contributed by atoms with Crippen LogP contribution in [-0.4, -0.2) is 42.6 Å². The lowest BCUT2D eigenvalue weighted by atomic mass is 10.1. The molecule has 0 N–H and O–H groups in total. The van der Waals surface area contributed by atoms with E-state index in [-0.39, 0.29) is 0 Å². The van der Waals surface area contributed by atoms with Crippen LogP contribution in [0.3, 0.4) is 0 Å². The molecular weight excluding hydrogens is 272 g/mol. The number of fused-ring (bicyclic) bond motifs is 1. The molecule has 1 heterocycles. The summed E-state index contributed by atoms with van der Waals surface area (Å²) in [6, 6.07) is 6.73. The molecule has 0 saturated carbocycles. The van der Waals surface area contributed by atoms with Crippen LogP contribution in [0.2, 0.25) is 0 Å². The van der Waals surface area contributed by atoms with E-state index in [1.54, 1.807) is 45.3 Å². The maximum absolute atomic E-state index is 11.6. The molecule has 0 aliphatic rings. The molecule has 2 aromatic rings. The third-order valence-electron chi connectivity index (χ3n) is 2.74. The Labute approximate surface area is 122 Å². The highest BCUT2D eigenvalue weighted by Gasteiger charge is 2.10. The Kier molecular flexibility index (Phi) is 4.37. The highest BCUT2D eigenvalue weighted by atomic mass is 16.6. The van der Waals surface area contributed by atoms with Gasteiger partial charge in [-0.15, -0.1) is 0 Å². The van der Waals surface area contributed by atoms with Crippen LogP contribution in [0.25, 0.3) is 10.9 Å². The first-order valence-corrected chi connectivity index (χ1v) is 6.47. The second-order valence-electron chi connectivity index (χ2n) is 4.56. The predicted octanol–water partition coefficient (Wildman–Crippen LogP) is 2.47. The number of hydrogen-bond donors (Lipinski definition) is 0. The zero-order valence-electron chi connectivity index (χ0n) is 12.1. The van der Waals surface area contributed by atoms with E-state index in [4.69, 9.17) is 9.47 Å². The first-order valence-electron chi connectivity index (χ1n) is 6.47. The van der Waals surface area contributed by atoms with E-state index in [1.165, 1.54) is 11.1 Å². The van der Waals surface area contributed by atoms with Crippen molar-refractivity contribution in [2.24, 2.45) is 0 Å². The van der Waals surface area contributed by atoms with Gasteiger partial charge in [-0.25, -0.2) is 9.59 Å². The summed E-state index contributed by atoms with van der Waals surface area (Å²) in [7, 11) is 3.21. The van der Waals surface area contributed by atoms with Crippen molar-refractivity contribution in [3.8, 4) is 5.75 Å². The summed E-state index contributed by atoms with van der Waals surface area (Å²) in [6.07, 6.45) is 0.982. The average Bonchev–Trinajstić information content (AvgIpc) is 2.46. The third-order valence-corrected chi connectivity index (χ3v) is 2.74. The molecule has 0 unspecified atom stereocenters. The molecule has 1 amide bonds. The minimum atomic E-state index is -0.461. The first-order chi connectivity index (χ1) is 10.0. The molecule has 6 nitrogen and oxygen atoms in total. The average molecular weight is 288 g/mol. The predicted molar refractivity (Wildman–Crippen MR) is 77.4 cm³/mol. The van der Waals surface area contributed by atoms with Crippen LogP contribution in [-0.2, 0) is 4.74 Å². The monoisotopic (exact) mass is 288 g/mol. The fraction of sp³-hybridized carbons (Fsp3) is 0.267. The second kappa shape index (κ2) is 6.21. The fourth-order valence-corrected chi connectivity index (χ4v) is 1.68. The number of pyridine rings is 1. The summed E-state index contributed by atoms with van der Waals surface area (Å²) in [4.78, 5) is 28.7. The number of aromatic nitrogens is 1. The molecule has 0 saturated heterocycles. The topological polar surface area (TPSA) is 68.7 Å². The Morgan fingerprint density at radius 3 is 2.67 bits per heavy atom. The van der Waals surface area contributed by atoms with Crippen LogP contribution in [0.5, 0.6) is 5.75 Å². The molecule has 0 atom stereocenters. The largest absolute Gasteiger partial charge is 0.462 e. The van der Waals surface area contributed by atoms with E-state index < -0.39 is 12.1 Å². The number of carbonyl (C=O) groups excluding carboxylic acids is 2. The quantitative estimate of drug-likeness (QED) is 0.811. The van der Waals surface area contributed by atoms with Gasteiger partial charge < -0.3 is 14.4 Å². The zero-order chi connectivity index (χ0) is 15.4. The van der Waals surface area contributed by atoms with Crippen molar-refractivity contribution in [2.45, 2.75) is 6.92 Å². The number of amides is 1. The Balaban J connectivity index is 2.27. The van der Waals surface area contributed by atoms with Crippen LogP contribution >= 0.6 is 0 Å². The van der Waals surface area contributed by atoms with Crippen LogP contribution in [0.1, 0.15) is 17.3 Å². The van der Waals surface area contributed by atoms with Gasteiger partial charge in [0.2, 0.25) is 0 Å². The Bertz CT molecular complexity index is 682. The lowest BCUT2D eigenvalue weighted by molar-refractivity contribution is 0.0526. The van der Waals surface area contributed by atoms with Crippen molar-refractivity contribution in [3.63, 3.8) is 0 Å². The summed E-state index contributed by atoms with van der Waals surface area (Å²) in [5.74, 6) is -0.00685. The number of esters is 1. The standard InChI is InChI=1S/C15H16N2O4/c1-4-20-14(18)11-7-10-5-6-12(8-13(10)16-9-11)21-15(19)17(2)3/h5-9H,4H2,1-3H3. The van der Waals surface area contributed by atoms with Crippen LogP contribution in [0, 0.1) is 0 Å². The lowest BCUT2D eigenvalue weighted by Gasteiger charge is -2.11. The van der Waals surface area contributed by atoms with Crippen molar-refractivity contribution >= 4 is 23.0 Å². The molecule has 0 radical (unpaired) electrons. The van der Waals surface area contributed by atoms with Gasteiger partial charge >= 0.3 is 12.1 Å². The molecule has 110 valence electrons. The maximum atomic E-state index is 11.6. The van der Waals surface area contributed by atoms with Gasteiger partial charge in [0.1, 0.15) is 5.75 Å². The minimum Gasteiger partial charge on any atom is -0.462 e. The van der Waals surface area contributed by atoms with E-state index >= 15 is 0 Å². The number of ether oxygens (including phenoxy) is 2. The van der Waals surface area contributed by atoms with Gasteiger partial charge in [0.25, 0.3) is 0 Å². The molecule has 21 heavy (non-hydrogen) atoms. The molecule has 0 spiro atoms. The normalized spacial score (nSPS) is 10.2. The summed E-state index contributed by atoms with van der Waals surface area (Å²) >= 11 is 0. The zero-order valence-corrected chi connectivity index (χ0v) is 12.1. The van der Waals surface area contributed by atoms with E-state index in [1.807, 2.05) is 0 Å². The van der Waals surface area contributed by atoms with Gasteiger partial charge in [0.15, 0.2) is 0 Å². The van der Waals surface area contributed by atoms with Crippen LogP contribution < -0.4 is 4.74 Å². The summed E-state index contributed by atoms with van der Waals surface area (Å²) in [5.41, 5.74) is 1.02. The third kappa shape index (κ3) is 3.47. The van der Waals surface area contributed by atoms with E-state index in [9.17, 15) is 9.59 Å². The first kappa shape index (κ1) is 14.8. The molecule has 0 aliphatic heterocycles. The SMILES string of the molecule is CCOC(=O)c1cnc2cc(OC(=O)N(C)C)ccc2c1. The molecule has 0 fully saturated rings. The van der Waals surface area contributed by atoms with E-state index in [0.717, 1.165) is 5.39 Å². The summed E-state index contributed by atoms with van der Waals surface area (Å²) in [6.45, 7) is 2.06. The van der Waals surface area contributed by atoms with Crippen molar-refractivity contribution in [1.29, 1.82) is 0 Å². The number of benzene rings is 1. The highest BCUT2D eigenvalue weighted by molar-refractivity contribution is 5.94. The maximum Gasteiger partial charge on any atom is 0.414 e. The molecule has 1 aromatic carbocycles. The van der Waals surface area contributed by atoms with Gasteiger partial charge in [0, 0.05) is 31.7 Å². The molecule has 0 aliphatic carbocycles. The van der Waals surface area contributed by atoms with Gasteiger partial charge in [0.05, 0.1) is 17.7 Å². The minimum absolute atomic E-state index is 0.316. The van der Waals surface area contributed by atoms with Gasteiger partial charge in [-0.05, 0) is 25.1 Å². The smallest absolute Gasteiger partial charge is 0.414 e.